The Morgan fingerprint density at radius 2 is 1.60 bits per heavy atom. The van der Waals surface area contributed by atoms with Gasteiger partial charge in [-0.15, -0.1) is 0 Å². The molecule has 0 saturated carbocycles. The van der Waals surface area contributed by atoms with Gasteiger partial charge in [-0.05, 0) is 80.1 Å². The van der Waals surface area contributed by atoms with Crippen LogP contribution in [-0.4, -0.2) is 61.0 Å². The summed E-state index contributed by atoms with van der Waals surface area (Å²) >= 11 is 12.3. The number of nitrogens with zero attached hydrogens (tertiary/aromatic N) is 2. The van der Waals surface area contributed by atoms with Crippen LogP contribution >= 0.6 is 31.0 Å². The number of aliphatic hydroxyl groups is 1. The molecule has 20 heteroatoms. The number of aromatic nitrogens is 2. The quantitative estimate of drug-likeness (QED) is 0.0133. The smallest absolute Gasteiger partial charge is 0.477 e. The van der Waals surface area contributed by atoms with Gasteiger partial charge in [0.05, 0.1) is 35.4 Å². The number of alkyl halides is 3. The molecule has 3 aromatic carbocycles. The highest BCUT2D eigenvalue weighted by molar-refractivity contribution is 7.46. The molecule has 5 N–H and O–H groups in total. The van der Waals surface area contributed by atoms with Crippen LogP contribution in [0.4, 0.5) is 18.9 Å². The first-order chi connectivity index (χ1) is 30.1. The Kier molecular flexibility index (Phi) is 18.4. The van der Waals surface area contributed by atoms with Crippen molar-refractivity contribution in [2.75, 3.05) is 45.5 Å². The molecule has 0 saturated heterocycles. The van der Waals surface area contributed by atoms with E-state index in [2.05, 4.69) is 27.3 Å². The number of carbonyl (C=O) groups excluding carboxylic acids is 1. The van der Waals surface area contributed by atoms with Crippen molar-refractivity contribution < 1.29 is 65.5 Å². The average Bonchev–Trinajstić information content (AvgIpc) is 3.23. The highest BCUT2D eigenvalue weighted by Gasteiger charge is 2.43. The molecular weight excluding hydrogens is 891 g/mol. The predicted molar refractivity (Wildman–Crippen MR) is 230 cm³/mol. The van der Waals surface area contributed by atoms with E-state index in [9.17, 15) is 42.6 Å². The van der Waals surface area contributed by atoms with Gasteiger partial charge in [0.2, 0.25) is 12.4 Å². The first-order valence-electron chi connectivity index (χ1n) is 20.0. The normalized spacial score (nSPS) is 12.4. The summed E-state index contributed by atoms with van der Waals surface area (Å²) in [6.45, 7) is 0.610. The Balaban J connectivity index is 1.27. The molecule has 0 radical (unpaired) electrons. The molecule has 14 nitrogen and oxygen atoms in total. The van der Waals surface area contributed by atoms with Crippen LogP contribution in [0.2, 0.25) is 10.0 Å². The maximum Gasteiger partial charge on any atom is 0.477 e. The van der Waals surface area contributed by atoms with Crippen LogP contribution < -0.4 is 29.4 Å². The lowest BCUT2D eigenvalue weighted by Crippen LogP contribution is -2.44. The van der Waals surface area contributed by atoms with Crippen molar-refractivity contribution in [1.29, 1.82) is 0 Å². The number of nitrogens with one attached hydrogen (secondary N) is 2. The molecule has 0 spiro atoms. The van der Waals surface area contributed by atoms with Gasteiger partial charge in [-0.2, -0.15) is 22.5 Å². The third kappa shape index (κ3) is 14.7. The van der Waals surface area contributed by atoms with Crippen LogP contribution in [0.1, 0.15) is 77.4 Å². The summed E-state index contributed by atoms with van der Waals surface area (Å²) in [4.78, 5) is 32.2. The molecule has 0 fully saturated rings. The van der Waals surface area contributed by atoms with E-state index in [1.165, 1.54) is 43.0 Å². The molecular formula is C43H49Cl2F3N4O10P+. The number of fused-ring (bicyclic) bond motifs is 1. The van der Waals surface area contributed by atoms with Crippen molar-refractivity contribution in [3.8, 4) is 11.5 Å². The Hall–Kier alpha value is -4.55. The molecule has 0 aliphatic carbocycles. The summed E-state index contributed by atoms with van der Waals surface area (Å²) in [6.07, 6.45) is 2.74. The van der Waals surface area contributed by atoms with Crippen LogP contribution in [0, 0.1) is 5.21 Å². The van der Waals surface area contributed by atoms with Gasteiger partial charge < -0.3 is 44.9 Å². The average molecular weight is 941 g/mol. The first kappa shape index (κ1) is 49.5. The zero-order valence-corrected chi connectivity index (χ0v) is 36.7. The van der Waals surface area contributed by atoms with E-state index in [-0.39, 0.29) is 55.8 Å². The predicted octanol–water partition coefficient (Wildman–Crippen LogP) is 8.06. The van der Waals surface area contributed by atoms with Crippen molar-refractivity contribution in [3.63, 3.8) is 0 Å². The standard InChI is InChI=1S/C43H48Cl2F3N4O10P/c1-59-37-18-16-33(42(54)50-40-34(44)26-51(55)27-35(40)45)32-17-19-39(43(46,47)48)52(41(32)37)25-31-15-14-30(23-38(31)61-28-62-63(56,57)58)36(53)24-49-20-8-2-3-9-21-60-22-10-7-13-29-11-5-4-6-12-29/h4-6,11-12,14-19,23,26-27,36,49,53H,2-3,7-10,13,20-22,24-25,28H2,1H3,(H2-,50,54,56,57,58)/p+1. The van der Waals surface area contributed by atoms with Gasteiger partial charge >= 0.3 is 14.0 Å². The molecule has 2 aromatic heterocycles. The molecule has 1 unspecified atom stereocenters. The van der Waals surface area contributed by atoms with Gasteiger partial charge in [-0.3, -0.25) is 4.79 Å². The second-order valence-electron chi connectivity index (χ2n) is 14.5. The Morgan fingerprint density at radius 1 is 0.905 bits per heavy atom. The number of carbonyl (C=O) groups is 1. The molecule has 0 bridgehead atoms. The van der Waals surface area contributed by atoms with E-state index in [4.69, 9.17) is 37.4 Å². The van der Waals surface area contributed by atoms with E-state index in [0.29, 0.717) is 23.4 Å². The fraction of sp³-hybridized carbons (Fsp3) is 0.372. The fourth-order valence-electron chi connectivity index (χ4n) is 6.80. The first-order valence-corrected chi connectivity index (χ1v) is 22.3. The largest absolute Gasteiger partial charge is 0.619 e. The number of anilines is 1. The highest BCUT2D eigenvalue weighted by Crippen LogP contribution is 2.37. The number of benzene rings is 3. The summed E-state index contributed by atoms with van der Waals surface area (Å²) in [7, 11) is -3.78. The number of aryl methyl sites for hydroxylation is 1. The number of amides is 1. The molecule has 1 atom stereocenters. The SMILES string of the molecule is COc1ccc(C(=O)Nc2c(Cl)c[n+]([O-])cc2Cl)c2ccc(C(F)(F)F)[n+](Cc3ccc(C(O)CNCCCCCCOCCCCc4ccccc4)cc3OCOP(=O)(O)O)c12. The monoisotopic (exact) mass is 939 g/mol. The summed E-state index contributed by atoms with van der Waals surface area (Å²) in [5, 5.41) is 28.2. The number of phosphoric ester groups is 1. The molecule has 2 heterocycles. The number of aliphatic hydroxyl groups excluding tert-OH is 1. The Morgan fingerprint density at radius 3 is 2.29 bits per heavy atom. The van der Waals surface area contributed by atoms with Crippen LogP contribution in [0.25, 0.3) is 10.9 Å². The topological polar surface area (TPSA) is 187 Å². The number of hydrogen-bond acceptors (Lipinski definition) is 9. The van der Waals surface area contributed by atoms with Crippen LogP contribution in [-0.2, 0) is 33.0 Å². The van der Waals surface area contributed by atoms with Gasteiger partial charge in [-0.25, -0.2) is 9.09 Å². The highest BCUT2D eigenvalue weighted by atomic mass is 35.5. The van der Waals surface area contributed by atoms with Gasteiger partial charge in [0.25, 0.3) is 17.1 Å². The van der Waals surface area contributed by atoms with Crippen molar-refractivity contribution in [2.24, 2.45) is 0 Å². The minimum Gasteiger partial charge on any atom is -0.619 e. The molecule has 1 amide bonds. The molecule has 0 aliphatic heterocycles. The summed E-state index contributed by atoms with van der Waals surface area (Å²) in [6, 6.07) is 19.1. The minimum atomic E-state index is -5.02. The van der Waals surface area contributed by atoms with Crippen molar-refractivity contribution in [3.05, 3.63) is 128 Å². The second kappa shape index (κ2) is 23.4. The molecule has 5 rings (SSSR count). The number of halogens is 5. The number of phosphoric acid groups is 1. The molecule has 5 aromatic rings. The number of unbranched alkanes of at least 4 members (excludes halogenated alkanes) is 4. The maximum atomic E-state index is 14.8. The van der Waals surface area contributed by atoms with Crippen molar-refractivity contribution in [1.82, 2.24) is 5.32 Å². The van der Waals surface area contributed by atoms with E-state index in [1.54, 1.807) is 0 Å². The zero-order valence-electron chi connectivity index (χ0n) is 34.3. The van der Waals surface area contributed by atoms with Gasteiger partial charge in [-0.1, -0.05) is 72.4 Å². The fourth-order valence-corrected chi connectivity index (χ4v) is 7.53. The Labute approximate surface area is 372 Å². The summed E-state index contributed by atoms with van der Waals surface area (Å²) in [5.74, 6) is -1.01. The van der Waals surface area contributed by atoms with E-state index in [0.717, 1.165) is 80.6 Å². The van der Waals surface area contributed by atoms with E-state index >= 15 is 0 Å². The lowest BCUT2D eigenvalue weighted by molar-refractivity contribution is -0.682. The maximum absolute atomic E-state index is 14.8. The van der Waals surface area contributed by atoms with Crippen LogP contribution in [0.15, 0.2) is 85.2 Å². The number of methoxy groups -OCH3 is 1. The number of pyridine rings is 2. The van der Waals surface area contributed by atoms with E-state index in [1.807, 2.05) is 18.2 Å². The lowest BCUT2D eigenvalue weighted by atomic mass is 10.0. The molecule has 0 aliphatic rings. The van der Waals surface area contributed by atoms with Crippen molar-refractivity contribution >= 4 is 53.5 Å². The third-order valence-corrected chi connectivity index (χ3v) is 10.9. The third-order valence-electron chi connectivity index (χ3n) is 9.92. The zero-order chi connectivity index (χ0) is 45.6. The number of hydrogen-bond donors (Lipinski definition) is 5. The van der Waals surface area contributed by atoms with Gasteiger partial charge in [0, 0.05) is 25.8 Å². The van der Waals surface area contributed by atoms with Gasteiger partial charge in [0.1, 0.15) is 15.8 Å². The summed E-state index contributed by atoms with van der Waals surface area (Å²) in [5.41, 5.74) is 0.198. The van der Waals surface area contributed by atoms with Crippen LogP contribution in [0.3, 0.4) is 0 Å². The van der Waals surface area contributed by atoms with Gasteiger partial charge in [0.15, 0.2) is 19.1 Å². The number of rotatable bonds is 24. The minimum absolute atomic E-state index is 0.0193. The van der Waals surface area contributed by atoms with Crippen molar-refractivity contribution in [2.45, 2.75) is 63.8 Å². The Bertz CT molecular complexity index is 2340. The second-order valence-corrected chi connectivity index (χ2v) is 16.5. The van der Waals surface area contributed by atoms with E-state index < -0.39 is 45.0 Å². The molecule has 340 valence electrons. The molecule has 63 heavy (non-hydrogen) atoms. The van der Waals surface area contributed by atoms with Crippen LogP contribution in [0.5, 0.6) is 11.5 Å². The summed E-state index contributed by atoms with van der Waals surface area (Å²) < 4.78 is 78.2. The lowest BCUT2D eigenvalue weighted by Gasteiger charge is -2.18. The number of ether oxygens (including phenoxy) is 3.